The molecule has 15 heavy (non-hydrogen) atoms. The first-order valence-corrected chi connectivity index (χ1v) is 5.64. The molecule has 0 aromatic heterocycles. The molecule has 0 N–H and O–H groups in total. The summed E-state index contributed by atoms with van der Waals surface area (Å²) >= 11 is 0. The van der Waals surface area contributed by atoms with Gasteiger partial charge in [-0.25, -0.2) is 0 Å². The first kappa shape index (κ1) is 12.8. The summed E-state index contributed by atoms with van der Waals surface area (Å²) in [6.45, 7) is 6.00. The third-order valence-electron chi connectivity index (χ3n) is 3.28. The molecule has 0 radical (unpaired) electrons. The van der Waals surface area contributed by atoms with E-state index in [1.54, 1.807) is 0 Å². The molecule has 0 unspecified atom stereocenters. The summed E-state index contributed by atoms with van der Waals surface area (Å²) in [5.41, 5.74) is 0. The fraction of sp³-hybridized carbons (Fsp3) is 1.00. The van der Waals surface area contributed by atoms with Crippen LogP contribution in [-0.2, 0) is 0 Å². The van der Waals surface area contributed by atoms with Crippen molar-refractivity contribution in [3.63, 3.8) is 0 Å². The first-order valence-electron chi connectivity index (χ1n) is 5.64. The van der Waals surface area contributed by atoms with Crippen molar-refractivity contribution in [2.24, 2.45) is 0 Å². The number of hydrogen-bond donors (Lipinski definition) is 0. The van der Waals surface area contributed by atoms with Gasteiger partial charge in [-0.2, -0.15) is 0 Å². The van der Waals surface area contributed by atoms with E-state index in [0.717, 1.165) is 0 Å². The van der Waals surface area contributed by atoms with Gasteiger partial charge in [0.2, 0.25) is 0 Å². The van der Waals surface area contributed by atoms with Gasteiger partial charge in [-0.05, 0) is 19.3 Å². The Balaban J connectivity index is 0.000000195. The maximum absolute atomic E-state index is 9.75. The smallest absolute Gasteiger partial charge is 0.418 e. The van der Waals surface area contributed by atoms with E-state index in [1.807, 2.05) is 0 Å². The van der Waals surface area contributed by atoms with Gasteiger partial charge < -0.3 is 21.7 Å². The predicted octanol–water partition coefficient (Wildman–Crippen LogP) is 3.08. The lowest BCUT2D eigenvalue weighted by molar-refractivity contribution is -0.921. The quantitative estimate of drug-likeness (QED) is 0.339. The highest BCUT2D eigenvalue weighted by Gasteiger charge is 2.32. The molecule has 0 saturated carbocycles. The molecule has 2 aliphatic heterocycles. The summed E-state index contributed by atoms with van der Waals surface area (Å²) in [7, 11) is -6.00. The molecule has 0 aliphatic carbocycles. The molecule has 0 aromatic rings. The Hall–Kier alpha value is -0.255. The number of piperidine rings is 1. The van der Waals surface area contributed by atoms with Gasteiger partial charge in [-0.3, -0.25) is 0 Å². The van der Waals surface area contributed by atoms with Crippen LogP contribution in [0.15, 0.2) is 0 Å². The number of nitrogens with zero attached hydrogens (tertiary/aromatic N) is 1. The molecule has 90 valence electrons. The maximum atomic E-state index is 9.75. The zero-order valence-corrected chi connectivity index (χ0v) is 8.90. The van der Waals surface area contributed by atoms with Crippen LogP contribution in [0.2, 0.25) is 0 Å². The van der Waals surface area contributed by atoms with Crippen LogP contribution in [0.1, 0.15) is 32.1 Å². The van der Waals surface area contributed by atoms with Gasteiger partial charge in [0, 0.05) is 12.8 Å². The maximum Gasteiger partial charge on any atom is 0.673 e. The molecular weight excluding hydrogens is 209 g/mol. The molecule has 2 saturated heterocycles. The first-order chi connectivity index (χ1) is 6.91. The molecular formula is C9H18BF4N. The Morgan fingerprint density at radius 2 is 0.867 bits per heavy atom. The number of rotatable bonds is 0. The van der Waals surface area contributed by atoms with E-state index in [1.165, 1.54) is 62.8 Å². The average molecular weight is 227 g/mol. The molecule has 0 bridgehead atoms. The van der Waals surface area contributed by atoms with Crippen molar-refractivity contribution in [1.82, 2.24) is 0 Å². The normalized spacial score (nSPS) is 24.8. The number of hydrogen-bond acceptors (Lipinski definition) is 0. The number of halogens is 4. The molecule has 2 fully saturated rings. The van der Waals surface area contributed by atoms with Crippen molar-refractivity contribution < 1.29 is 21.7 Å². The molecule has 6 heteroatoms. The van der Waals surface area contributed by atoms with E-state index in [2.05, 4.69) is 0 Å². The van der Waals surface area contributed by atoms with Crippen molar-refractivity contribution in [1.29, 1.82) is 0 Å². The van der Waals surface area contributed by atoms with Crippen LogP contribution in [-0.4, -0.2) is 37.9 Å². The third kappa shape index (κ3) is 5.40. The van der Waals surface area contributed by atoms with Crippen LogP contribution in [0.4, 0.5) is 17.3 Å². The molecule has 0 amide bonds. The fourth-order valence-corrected chi connectivity index (χ4v) is 2.64. The van der Waals surface area contributed by atoms with E-state index in [9.17, 15) is 17.3 Å². The van der Waals surface area contributed by atoms with Gasteiger partial charge in [0.05, 0.1) is 26.2 Å². The molecule has 2 rings (SSSR count). The summed E-state index contributed by atoms with van der Waals surface area (Å²) < 4.78 is 40.5. The second-order valence-corrected chi connectivity index (χ2v) is 4.50. The average Bonchev–Trinajstić information content (AvgIpc) is 2.52. The summed E-state index contributed by atoms with van der Waals surface area (Å²) in [6, 6.07) is 0. The Morgan fingerprint density at radius 3 is 1.20 bits per heavy atom. The monoisotopic (exact) mass is 227 g/mol. The van der Waals surface area contributed by atoms with Crippen LogP contribution < -0.4 is 0 Å². The van der Waals surface area contributed by atoms with Crippen molar-refractivity contribution in [3.05, 3.63) is 0 Å². The SMILES string of the molecule is C1CC[N+]2(CC1)CCCC2.F[B-](F)(F)F. The lowest BCUT2D eigenvalue weighted by Gasteiger charge is -2.37. The Bertz CT molecular complexity index is 175. The second kappa shape index (κ2) is 5.19. The predicted molar refractivity (Wildman–Crippen MR) is 53.0 cm³/mol. The highest BCUT2D eigenvalue weighted by atomic mass is 19.5. The minimum Gasteiger partial charge on any atom is -0.418 e. The lowest BCUT2D eigenvalue weighted by atomic mass is 10.1. The fourth-order valence-electron chi connectivity index (χ4n) is 2.64. The van der Waals surface area contributed by atoms with Gasteiger partial charge in [-0.1, -0.05) is 0 Å². The van der Waals surface area contributed by atoms with Crippen LogP contribution in [0.3, 0.4) is 0 Å². The van der Waals surface area contributed by atoms with E-state index in [4.69, 9.17) is 0 Å². The summed E-state index contributed by atoms with van der Waals surface area (Å²) in [5.74, 6) is 0. The topological polar surface area (TPSA) is 0 Å². The number of quaternary nitrogens is 1. The van der Waals surface area contributed by atoms with Crippen LogP contribution in [0.5, 0.6) is 0 Å². The Kier molecular flexibility index (Phi) is 4.43. The minimum atomic E-state index is -6.00. The van der Waals surface area contributed by atoms with Crippen LogP contribution in [0, 0.1) is 0 Å². The van der Waals surface area contributed by atoms with E-state index < -0.39 is 7.25 Å². The molecule has 0 aromatic carbocycles. The Morgan fingerprint density at radius 1 is 0.600 bits per heavy atom. The summed E-state index contributed by atoms with van der Waals surface area (Å²) in [4.78, 5) is 0. The zero-order chi connectivity index (χ0) is 11.4. The van der Waals surface area contributed by atoms with Crippen molar-refractivity contribution in [2.45, 2.75) is 32.1 Å². The van der Waals surface area contributed by atoms with Crippen molar-refractivity contribution in [2.75, 3.05) is 26.2 Å². The molecule has 2 aliphatic rings. The lowest BCUT2D eigenvalue weighted by Crippen LogP contribution is -2.48. The Labute approximate surface area is 88.1 Å². The van der Waals surface area contributed by atoms with Gasteiger partial charge in [-0.15, -0.1) is 0 Å². The zero-order valence-electron chi connectivity index (χ0n) is 8.90. The highest BCUT2D eigenvalue weighted by Crippen LogP contribution is 2.25. The molecule has 2 heterocycles. The van der Waals surface area contributed by atoms with Crippen LogP contribution >= 0.6 is 0 Å². The van der Waals surface area contributed by atoms with Crippen molar-refractivity contribution >= 4 is 7.25 Å². The van der Waals surface area contributed by atoms with Gasteiger partial charge >= 0.3 is 7.25 Å². The van der Waals surface area contributed by atoms with Crippen molar-refractivity contribution in [3.8, 4) is 0 Å². The van der Waals surface area contributed by atoms with E-state index >= 15 is 0 Å². The van der Waals surface area contributed by atoms with Gasteiger partial charge in [0.15, 0.2) is 0 Å². The third-order valence-corrected chi connectivity index (χ3v) is 3.28. The molecule has 0 atom stereocenters. The largest absolute Gasteiger partial charge is 0.673 e. The van der Waals surface area contributed by atoms with E-state index in [0.29, 0.717) is 0 Å². The standard InChI is InChI=1S/C9H18N.BF4/c1-2-6-10(7-3-1)8-4-5-9-10;2-1(3,4)5/h1-9H2;/q+1;-1. The second-order valence-electron chi connectivity index (χ2n) is 4.50. The molecule has 1 spiro atoms. The highest BCUT2D eigenvalue weighted by molar-refractivity contribution is 6.50. The molecule has 1 nitrogen and oxygen atoms in total. The van der Waals surface area contributed by atoms with Gasteiger partial charge in [0.1, 0.15) is 0 Å². The van der Waals surface area contributed by atoms with Gasteiger partial charge in [0.25, 0.3) is 0 Å². The minimum absolute atomic E-state index is 1.50. The van der Waals surface area contributed by atoms with Crippen LogP contribution in [0.25, 0.3) is 0 Å². The summed E-state index contributed by atoms with van der Waals surface area (Å²) in [6.07, 6.45) is 7.50. The summed E-state index contributed by atoms with van der Waals surface area (Å²) in [5, 5.41) is 0. The van der Waals surface area contributed by atoms with E-state index in [-0.39, 0.29) is 0 Å².